The predicted octanol–water partition coefficient (Wildman–Crippen LogP) is -0.364. The van der Waals surface area contributed by atoms with Crippen LogP contribution in [0.2, 0.25) is 0 Å². The Bertz CT molecular complexity index is 237. The molecule has 9 heavy (non-hydrogen) atoms. The summed E-state index contributed by atoms with van der Waals surface area (Å²) < 4.78 is 1.64. The quantitative estimate of drug-likeness (QED) is 0.494. The summed E-state index contributed by atoms with van der Waals surface area (Å²) in [4.78, 5) is 0. The topological polar surface area (TPSA) is 54.8 Å². The van der Waals surface area contributed by atoms with E-state index in [1.165, 1.54) is 0 Å². The van der Waals surface area contributed by atoms with Gasteiger partial charge >= 0.3 is 0 Å². The van der Waals surface area contributed by atoms with Crippen molar-refractivity contribution < 1.29 is 0 Å². The van der Waals surface area contributed by atoms with Gasteiger partial charge in [-0.2, -0.15) is 0 Å². The van der Waals surface area contributed by atoms with Crippen molar-refractivity contribution in [1.29, 1.82) is 0 Å². The number of hydrogen-bond donors (Lipinski definition) is 2. The molecule has 5 heteroatoms. The standard InChI is InChI=1S/C4H5N5/c1-2-9-4(7-5-1)3-6-8-9/h1-3,5,7H. The molecule has 2 N–H and O–H groups in total. The van der Waals surface area contributed by atoms with Crippen LogP contribution in [0.15, 0.2) is 12.4 Å². The average Bonchev–Trinajstić information content (AvgIpc) is 2.33. The van der Waals surface area contributed by atoms with Crippen molar-refractivity contribution in [2.75, 3.05) is 5.43 Å². The van der Waals surface area contributed by atoms with Gasteiger partial charge in [0.05, 0.1) is 12.4 Å². The number of hydrogen-bond acceptors (Lipinski definition) is 4. The molecule has 1 aromatic heterocycles. The van der Waals surface area contributed by atoms with Gasteiger partial charge in [-0.25, -0.2) is 4.68 Å². The van der Waals surface area contributed by atoms with Crippen LogP contribution in [0.5, 0.6) is 0 Å². The van der Waals surface area contributed by atoms with Gasteiger partial charge in [0.25, 0.3) is 0 Å². The van der Waals surface area contributed by atoms with Crippen LogP contribution in [-0.2, 0) is 0 Å². The van der Waals surface area contributed by atoms with Gasteiger partial charge in [0, 0.05) is 6.20 Å². The van der Waals surface area contributed by atoms with Crippen molar-refractivity contribution in [2.45, 2.75) is 0 Å². The lowest BCUT2D eigenvalue weighted by atomic mass is 10.7. The fourth-order valence-electron chi connectivity index (χ4n) is 0.667. The second kappa shape index (κ2) is 1.48. The number of aromatic nitrogens is 3. The Morgan fingerprint density at radius 3 is 3.44 bits per heavy atom. The molecule has 1 aromatic rings. The van der Waals surface area contributed by atoms with Gasteiger partial charge in [0.15, 0.2) is 5.82 Å². The number of anilines is 1. The van der Waals surface area contributed by atoms with Gasteiger partial charge in [0.1, 0.15) is 0 Å². The van der Waals surface area contributed by atoms with E-state index in [0.29, 0.717) is 0 Å². The monoisotopic (exact) mass is 123 g/mol. The molecule has 0 atom stereocenters. The Morgan fingerprint density at radius 2 is 2.56 bits per heavy atom. The first-order valence-corrected chi connectivity index (χ1v) is 2.55. The molecule has 0 saturated carbocycles. The average molecular weight is 123 g/mol. The number of nitrogens with one attached hydrogen (secondary N) is 2. The third-order valence-corrected chi connectivity index (χ3v) is 1.07. The number of nitrogens with zero attached hydrogens (tertiary/aromatic N) is 3. The zero-order valence-electron chi connectivity index (χ0n) is 4.57. The van der Waals surface area contributed by atoms with Crippen molar-refractivity contribution >= 4 is 12.0 Å². The molecule has 5 nitrogen and oxygen atoms in total. The van der Waals surface area contributed by atoms with Crippen molar-refractivity contribution in [3.63, 3.8) is 0 Å². The lowest BCUT2D eigenvalue weighted by molar-refractivity contribution is 0.814. The van der Waals surface area contributed by atoms with Crippen LogP contribution in [0, 0.1) is 0 Å². The number of rotatable bonds is 0. The van der Waals surface area contributed by atoms with Crippen molar-refractivity contribution in [3.8, 4) is 0 Å². The molecule has 0 radical (unpaired) electrons. The van der Waals surface area contributed by atoms with Gasteiger partial charge < -0.3 is 5.43 Å². The molecule has 1 aliphatic rings. The van der Waals surface area contributed by atoms with Gasteiger partial charge in [-0.1, -0.05) is 5.21 Å². The van der Waals surface area contributed by atoms with E-state index < -0.39 is 0 Å². The third-order valence-electron chi connectivity index (χ3n) is 1.07. The first-order chi connectivity index (χ1) is 4.47. The highest BCUT2D eigenvalue weighted by atomic mass is 15.5. The highest BCUT2D eigenvalue weighted by Gasteiger charge is 2.00. The molecule has 0 aromatic carbocycles. The molecule has 0 spiro atoms. The van der Waals surface area contributed by atoms with E-state index in [2.05, 4.69) is 21.2 Å². The Labute approximate surface area is 51.3 Å². The fourth-order valence-corrected chi connectivity index (χ4v) is 0.667. The third kappa shape index (κ3) is 0.543. The van der Waals surface area contributed by atoms with Crippen LogP contribution in [0.4, 0.5) is 5.82 Å². The summed E-state index contributed by atoms with van der Waals surface area (Å²) in [5, 5.41) is 7.40. The van der Waals surface area contributed by atoms with Crippen LogP contribution in [0.3, 0.4) is 0 Å². The first-order valence-electron chi connectivity index (χ1n) is 2.55. The molecule has 0 bridgehead atoms. The Morgan fingerprint density at radius 1 is 1.56 bits per heavy atom. The zero-order valence-corrected chi connectivity index (χ0v) is 4.57. The largest absolute Gasteiger partial charge is 0.305 e. The van der Waals surface area contributed by atoms with E-state index >= 15 is 0 Å². The summed E-state index contributed by atoms with van der Waals surface area (Å²) in [6.07, 6.45) is 5.15. The molecule has 46 valence electrons. The maximum Gasteiger partial charge on any atom is 0.168 e. The van der Waals surface area contributed by atoms with Crippen LogP contribution in [0.1, 0.15) is 0 Å². The minimum absolute atomic E-state index is 0.845. The van der Waals surface area contributed by atoms with E-state index in [1.54, 1.807) is 23.3 Å². The normalized spacial score (nSPS) is 13.8. The highest BCUT2D eigenvalue weighted by Crippen LogP contribution is 2.04. The van der Waals surface area contributed by atoms with Gasteiger partial charge in [-0.3, -0.25) is 5.43 Å². The fraction of sp³-hybridized carbons (Fsp3) is 0. The lowest BCUT2D eigenvalue weighted by Crippen LogP contribution is -2.20. The van der Waals surface area contributed by atoms with E-state index in [9.17, 15) is 0 Å². The molecule has 1 aliphatic heterocycles. The van der Waals surface area contributed by atoms with Crippen LogP contribution in [-0.4, -0.2) is 15.0 Å². The molecule has 2 heterocycles. The molecule has 0 amide bonds. The zero-order chi connectivity index (χ0) is 6.10. The smallest absolute Gasteiger partial charge is 0.168 e. The van der Waals surface area contributed by atoms with E-state index in [-0.39, 0.29) is 0 Å². The first kappa shape index (κ1) is 4.37. The molecule has 2 rings (SSSR count). The Balaban J connectivity index is 2.53. The predicted molar refractivity (Wildman–Crippen MR) is 32.1 cm³/mol. The summed E-state index contributed by atoms with van der Waals surface area (Å²) in [6.45, 7) is 0. The number of fused-ring (bicyclic) bond motifs is 1. The minimum Gasteiger partial charge on any atom is -0.305 e. The second-order valence-corrected chi connectivity index (χ2v) is 1.65. The van der Waals surface area contributed by atoms with E-state index in [0.717, 1.165) is 5.82 Å². The van der Waals surface area contributed by atoms with Crippen LogP contribution < -0.4 is 10.9 Å². The minimum atomic E-state index is 0.845. The van der Waals surface area contributed by atoms with Gasteiger partial charge in [-0.15, -0.1) is 5.10 Å². The van der Waals surface area contributed by atoms with E-state index in [1.807, 2.05) is 0 Å². The molecule has 0 unspecified atom stereocenters. The van der Waals surface area contributed by atoms with E-state index in [4.69, 9.17) is 0 Å². The van der Waals surface area contributed by atoms with Crippen molar-refractivity contribution in [1.82, 2.24) is 20.4 Å². The SMILES string of the molecule is C1=Cn2nncc2NN1. The molecule has 0 fully saturated rings. The maximum atomic E-state index is 3.73. The van der Waals surface area contributed by atoms with Gasteiger partial charge in [0.2, 0.25) is 0 Å². The lowest BCUT2D eigenvalue weighted by Gasteiger charge is -2.08. The summed E-state index contributed by atoms with van der Waals surface area (Å²) in [7, 11) is 0. The summed E-state index contributed by atoms with van der Waals surface area (Å²) in [6, 6.07) is 0. The summed E-state index contributed by atoms with van der Waals surface area (Å²) >= 11 is 0. The molecular weight excluding hydrogens is 118 g/mol. The Kier molecular flexibility index (Phi) is 0.717. The number of hydrazine groups is 1. The highest BCUT2D eigenvalue weighted by molar-refractivity contribution is 5.42. The van der Waals surface area contributed by atoms with Crippen molar-refractivity contribution in [2.24, 2.45) is 0 Å². The van der Waals surface area contributed by atoms with Crippen molar-refractivity contribution in [3.05, 3.63) is 12.4 Å². The summed E-state index contributed by atoms with van der Waals surface area (Å²) in [5.41, 5.74) is 5.64. The van der Waals surface area contributed by atoms with Crippen LogP contribution in [0.25, 0.3) is 6.20 Å². The van der Waals surface area contributed by atoms with Crippen LogP contribution >= 0.6 is 0 Å². The van der Waals surface area contributed by atoms with Gasteiger partial charge in [-0.05, 0) is 0 Å². The summed E-state index contributed by atoms with van der Waals surface area (Å²) in [5.74, 6) is 0.845. The molecule has 0 aliphatic carbocycles. The maximum absolute atomic E-state index is 3.73. The second-order valence-electron chi connectivity index (χ2n) is 1.65. The molecular formula is C4H5N5. The Hall–Kier alpha value is -1.52. The molecule has 0 saturated heterocycles.